The SMILES string of the molecule is OC(c1ccc(Cl)cc1)(c1ccc(Cl)cc1)[C@@H]1C2c3ccccc3C(c3ccccc32)[C@H]1C(O)(c1ccc(Cl)cc1)c1ccc(Cl)cc1. The highest BCUT2D eigenvalue weighted by molar-refractivity contribution is 6.31. The van der Waals surface area contributed by atoms with Crippen LogP contribution in [0.25, 0.3) is 0 Å². The second-order valence-electron chi connectivity index (χ2n) is 12.8. The molecular weight excluding hydrogens is 678 g/mol. The Hall–Kier alpha value is -3.60. The van der Waals surface area contributed by atoms with E-state index in [0.29, 0.717) is 42.3 Å². The van der Waals surface area contributed by atoms with E-state index in [1.54, 1.807) is 48.5 Å². The Kier molecular flexibility index (Phi) is 7.96. The number of rotatable bonds is 6. The lowest BCUT2D eigenvalue weighted by Gasteiger charge is -2.60. The molecule has 0 aliphatic heterocycles. The van der Waals surface area contributed by atoms with Crippen molar-refractivity contribution >= 4 is 46.4 Å². The lowest BCUT2D eigenvalue weighted by molar-refractivity contribution is -0.105. The van der Waals surface area contributed by atoms with Crippen molar-refractivity contribution in [2.75, 3.05) is 0 Å². The summed E-state index contributed by atoms with van der Waals surface area (Å²) in [4.78, 5) is 0. The first-order valence-corrected chi connectivity index (χ1v) is 17.4. The number of hydrogen-bond acceptors (Lipinski definition) is 2. The predicted molar refractivity (Wildman–Crippen MR) is 195 cm³/mol. The highest BCUT2D eigenvalue weighted by Crippen LogP contribution is 2.68. The zero-order valence-corrected chi connectivity index (χ0v) is 28.6. The Balaban J connectivity index is 1.52. The van der Waals surface area contributed by atoms with Crippen molar-refractivity contribution in [3.05, 3.63) is 210 Å². The minimum Gasteiger partial charge on any atom is -0.380 e. The number of aliphatic hydroxyl groups is 2. The third-order valence-corrected chi connectivity index (χ3v) is 11.5. The van der Waals surface area contributed by atoms with Crippen molar-refractivity contribution in [3.63, 3.8) is 0 Å². The van der Waals surface area contributed by atoms with Crippen molar-refractivity contribution in [2.24, 2.45) is 11.8 Å². The van der Waals surface area contributed by atoms with Gasteiger partial charge in [0.1, 0.15) is 11.2 Å². The highest BCUT2D eigenvalue weighted by atomic mass is 35.5. The summed E-state index contributed by atoms with van der Waals surface area (Å²) in [5, 5.41) is 29.9. The summed E-state index contributed by atoms with van der Waals surface area (Å²) in [5.74, 6) is -1.78. The van der Waals surface area contributed by atoms with Gasteiger partial charge in [0, 0.05) is 43.8 Å². The molecule has 2 nitrogen and oxygen atoms in total. The van der Waals surface area contributed by atoms with Gasteiger partial charge in [-0.25, -0.2) is 0 Å². The fraction of sp³-hybridized carbons (Fsp3) is 0.143. The molecule has 48 heavy (non-hydrogen) atoms. The first-order chi connectivity index (χ1) is 23.2. The van der Waals surface area contributed by atoms with Gasteiger partial charge in [-0.15, -0.1) is 0 Å². The molecule has 0 saturated heterocycles. The summed E-state index contributed by atoms with van der Waals surface area (Å²) in [6.07, 6.45) is 0. The first kappa shape index (κ1) is 31.7. The highest BCUT2D eigenvalue weighted by Gasteiger charge is 2.64. The molecule has 0 fully saturated rings. The molecule has 0 heterocycles. The number of halogens is 4. The Morgan fingerprint density at radius 1 is 0.333 bits per heavy atom. The second-order valence-corrected chi connectivity index (χ2v) is 14.6. The summed E-state index contributed by atoms with van der Waals surface area (Å²) in [6.45, 7) is 0. The summed E-state index contributed by atoms with van der Waals surface area (Å²) < 4.78 is 0. The average molecular weight is 709 g/mol. The molecule has 6 heteroatoms. The maximum Gasteiger partial charge on any atom is 0.119 e. The molecule has 3 aliphatic carbocycles. The van der Waals surface area contributed by atoms with E-state index >= 15 is 0 Å². The van der Waals surface area contributed by atoms with Gasteiger partial charge in [-0.05, 0) is 93.0 Å². The van der Waals surface area contributed by atoms with Crippen molar-refractivity contribution < 1.29 is 10.2 Å². The van der Waals surface area contributed by atoms with Gasteiger partial charge in [-0.2, -0.15) is 0 Å². The van der Waals surface area contributed by atoms with E-state index in [2.05, 4.69) is 48.5 Å². The number of fused-ring (bicyclic) bond motifs is 1. The van der Waals surface area contributed by atoms with Crippen molar-refractivity contribution in [1.82, 2.24) is 0 Å². The van der Waals surface area contributed by atoms with Gasteiger partial charge in [0.2, 0.25) is 0 Å². The minimum atomic E-state index is -1.61. The standard InChI is InChI=1S/C42H30Cl4O2/c43-29-17-9-25(10-18-29)41(47,26-11-19-30(44)20-12-26)39-37-33-5-1-2-6-34(33)38(36-8-4-3-7-35(36)37)40(39)42(48,27-13-21-31(45)22-14-27)28-15-23-32(46)24-16-28/h1-24,37-40,47-48H/t37?,38?,39-,40-/m1/s1. The van der Waals surface area contributed by atoms with E-state index in [1.807, 2.05) is 48.5 Å². The van der Waals surface area contributed by atoms with E-state index in [9.17, 15) is 10.2 Å². The number of benzene rings is 6. The van der Waals surface area contributed by atoms with Gasteiger partial charge in [0.05, 0.1) is 0 Å². The maximum absolute atomic E-state index is 13.8. The normalized spacial score (nSPS) is 19.9. The average Bonchev–Trinajstić information content (AvgIpc) is 3.12. The van der Waals surface area contributed by atoms with Gasteiger partial charge >= 0.3 is 0 Å². The van der Waals surface area contributed by atoms with E-state index in [4.69, 9.17) is 46.4 Å². The summed E-state index contributed by atoms with van der Waals surface area (Å²) in [6, 6.07) is 46.4. The van der Waals surface area contributed by atoms with Crippen LogP contribution in [0, 0.1) is 11.8 Å². The van der Waals surface area contributed by atoms with Crippen molar-refractivity contribution in [3.8, 4) is 0 Å². The van der Waals surface area contributed by atoms with Crippen LogP contribution in [0.4, 0.5) is 0 Å². The molecular formula is C42H30Cl4O2. The second kappa shape index (κ2) is 12.1. The fourth-order valence-corrected chi connectivity index (χ4v) is 9.10. The van der Waals surface area contributed by atoms with E-state index in [-0.39, 0.29) is 11.8 Å². The van der Waals surface area contributed by atoms with E-state index < -0.39 is 23.0 Å². The molecule has 238 valence electrons. The Morgan fingerprint density at radius 3 is 0.750 bits per heavy atom. The van der Waals surface area contributed by atoms with Crippen LogP contribution in [-0.4, -0.2) is 10.2 Å². The smallest absolute Gasteiger partial charge is 0.119 e. The molecule has 6 aromatic rings. The van der Waals surface area contributed by atoms with E-state index in [1.165, 1.54) is 0 Å². The van der Waals surface area contributed by atoms with Crippen LogP contribution in [0.1, 0.15) is 56.3 Å². The van der Waals surface area contributed by atoms with Crippen LogP contribution in [0.15, 0.2) is 146 Å². The molecule has 0 amide bonds. The van der Waals surface area contributed by atoms with Gasteiger partial charge in [0.25, 0.3) is 0 Å². The zero-order chi connectivity index (χ0) is 33.2. The van der Waals surface area contributed by atoms with Gasteiger partial charge < -0.3 is 10.2 Å². The molecule has 2 N–H and O–H groups in total. The summed E-state index contributed by atoms with van der Waals surface area (Å²) >= 11 is 25.7. The third kappa shape index (κ3) is 4.85. The molecule has 0 aromatic heterocycles. The predicted octanol–water partition coefficient (Wildman–Crippen LogP) is 11.0. The maximum atomic E-state index is 13.8. The van der Waals surface area contributed by atoms with Gasteiger partial charge in [0.15, 0.2) is 0 Å². The van der Waals surface area contributed by atoms with Crippen LogP contribution >= 0.6 is 46.4 Å². The Bertz CT molecular complexity index is 1820. The molecule has 0 radical (unpaired) electrons. The summed E-state index contributed by atoms with van der Waals surface area (Å²) in [7, 11) is 0. The molecule has 6 aromatic carbocycles. The monoisotopic (exact) mass is 706 g/mol. The largest absolute Gasteiger partial charge is 0.380 e. The third-order valence-electron chi connectivity index (χ3n) is 10.5. The molecule has 3 aliphatic rings. The fourth-order valence-electron chi connectivity index (χ4n) is 8.60. The minimum absolute atomic E-state index is 0.296. The Morgan fingerprint density at radius 2 is 0.542 bits per heavy atom. The molecule has 2 atom stereocenters. The van der Waals surface area contributed by atoms with Crippen LogP contribution < -0.4 is 0 Å². The van der Waals surface area contributed by atoms with Crippen LogP contribution in [0.5, 0.6) is 0 Å². The molecule has 0 unspecified atom stereocenters. The lowest BCUT2D eigenvalue weighted by atomic mass is 9.45. The zero-order valence-electron chi connectivity index (χ0n) is 25.6. The quantitative estimate of drug-likeness (QED) is 0.181. The number of hydrogen-bond donors (Lipinski definition) is 2. The van der Waals surface area contributed by atoms with Crippen LogP contribution in [-0.2, 0) is 11.2 Å². The summed E-state index contributed by atoms with van der Waals surface area (Å²) in [5.41, 5.74) is 3.99. The van der Waals surface area contributed by atoms with Gasteiger partial charge in [-0.3, -0.25) is 0 Å². The van der Waals surface area contributed by atoms with E-state index in [0.717, 1.165) is 22.3 Å². The van der Waals surface area contributed by atoms with Crippen LogP contribution in [0.2, 0.25) is 20.1 Å². The van der Waals surface area contributed by atoms with Crippen LogP contribution in [0.3, 0.4) is 0 Å². The Labute approximate surface area is 300 Å². The van der Waals surface area contributed by atoms with Gasteiger partial charge in [-0.1, -0.05) is 143 Å². The van der Waals surface area contributed by atoms with Crippen molar-refractivity contribution in [1.29, 1.82) is 0 Å². The molecule has 0 saturated carbocycles. The first-order valence-electron chi connectivity index (χ1n) is 15.9. The van der Waals surface area contributed by atoms with Crippen molar-refractivity contribution in [2.45, 2.75) is 23.0 Å². The molecule has 9 rings (SSSR count). The topological polar surface area (TPSA) is 40.5 Å². The lowest BCUT2D eigenvalue weighted by Crippen LogP contribution is -2.58. The molecule has 0 spiro atoms. The molecule has 2 bridgehead atoms.